The molecule has 0 saturated carbocycles. The lowest BCUT2D eigenvalue weighted by atomic mass is 9.94. The molecule has 208 valence electrons. The number of nitrogens with zero attached hydrogens (tertiary/aromatic N) is 1. The minimum Gasteiger partial charge on any atom is -0.462 e. The standard InChI is InChI=1S/C30H59NO4/c1-6-8-10-12-14-16-18-22-28(23-19-17-15-13-11-9-7-2)30(33)34-26-27(3)35-29(32)24-20-21-25-31(4)5/h27-28H,6-26H2,1-5H3/t27-/m0/s1. The zero-order valence-electron chi connectivity index (χ0n) is 24.1. The van der Waals surface area contributed by atoms with Crippen LogP contribution in [0.15, 0.2) is 0 Å². The van der Waals surface area contributed by atoms with Gasteiger partial charge in [-0.25, -0.2) is 0 Å². The van der Waals surface area contributed by atoms with E-state index in [1.165, 1.54) is 77.0 Å². The highest BCUT2D eigenvalue weighted by molar-refractivity contribution is 5.72. The topological polar surface area (TPSA) is 55.8 Å². The number of ether oxygens (including phenoxy) is 2. The maximum Gasteiger partial charge on any atom is 0.309 e. The molecule has 0 aliphatic heterocycles. The van der Waals surface area contributed by atoms with Gasteiger partial charge in [-0.3, -0.25) is 9.59 Å². The summed E-state index contributed by atoms with van der Waals surface area (Å²) in [5, 5.41) is 0. The average Bonchev–Trinajstić information content (AvgIpc) is 2.82. The van der Waals surface area contributed by atoms with E-state index in [4.69, 9.17) is 9.47 Å². The fraction of sp³-hybridized carbons (Fsp3) is 0.933. The lowest BCUT2D eigenvalue weighted by Gasteiger charge is -2.19. The van der Waals surface area contributed by atoms with Gasteiger partial charge in [-0.1, -0.05) is 104 Å². The molecule has 0 spiro atoms. The lowest BCUT2D eigenvalue weighted by molar-refractivity contribution is -0.160. The molecule has 0 rings (SSSR count). The van der Waals surface area contributed by atoms with Crippen molar-refractivity contribution in [3.05, 3.63) is 0 Å². The number of hydrogen-bond acceptors (Lipinski definition) is 5. The molecule has 35 heavy (non-hydrogen) atoms. The molecule has 0 heterocycles. The van der Waals surface area contributed by atoms with Gasteiger partial charge in [0.15, 0.2) is 0 Å². The number of esters is 2. The van der Waals surface area contributed by atoms with Crippen LogP contribution >= 0.6 is 0 Å². The van der Waals surface area contributed by atoms with Gasteiger partial charge in [-0.2, -0.15) is 0 Å². The van der Waals surface area contributed by atoms with E-state index in [0.717, 1.165) is 45.1 Å². The first kappa shape index (κ1) is 33.9. The Morgan fingerprint density at radius 1 is 0.686 bits per heavy atom. The third-order valence-electron chi connectivity index (χ3n) is 6.67. The first-order valence-corrected chi connectivity index (χ1v) is 14.9. The molecule has 1 atom stereocenters. The second kappa shape index (κ2) is 24.6. The normalized spacial score (nSPS) is 12.3. The lowest BCUT2D eigenvalue weighted by Crippen LogP contribution is -2.26. The summed E-state index contributed by atoms with van der Waals surface area (Å²) in [4.78, 5) is 27.0. The van der Waals surface area contributed by atoms with Crippen LogP contribution in [-0.2, 0) is 19.1 Å². The molecular formula is C30H59NO4. The molecule has 0 amide bonds. The summed E-state index contributed by atoms with van der Waals surface area (Å²) >= 11 is 0. The van der Waals surface area contributed by atoms with E-state index in [1.54, 1.807) is 0 Å². The Labute approximate surface area is 218 Å². The molecule has 0 aliphatic rings. The fourth-order valence-electron chi connectivity index (χ4n) is 4.41. The zero-order valence-corrected chi connectivity index (χ0v) is 24.1. The van der Waals surface area contributed by atoms with E-state index in [2.05, 4.69) is 18.7 Å². The van der Waals surface area contributed by atoms with Crippen LogP contribution in [0.25, 0.3) is 0 Å². The second-order valence-electron chi connectivity index (χ2n) is 10.7. The quantitative estimate of drug-likeness (QED) is 0.0942. The molecule has 0 saturated heterocycles. The minimum absolute atomic E-state index is 0.0183. The third-order valence-corrected chi connectivity index (χ3v) is 6.67. The highest BCUT2D eigenvalue weighted by atomic mass is 16.6. The summed E-state index contributed by atoms with van der Waals surface area (Å²) in [5.74, 6) is -0.318. The van der Waals surface area contributed by atoms with Crippen LogP contribution in [0.2, 0.25) is 0 Å². The largest absolute Gasteiger partial charge is 0.462 e. The Morgan fingerprint density at radius 2 is 1.17 bits per heavy atom. The van der Waals surface area contributed by atoms with Gasteiger partial charge in [0.1, 0.15) is 12.7 Å². The molecule has 0 aromatic rings. The maximum atomic E-state index is 12.9. The van der Waals surface area contributed by atoms with Crippen LogP contribution in [0.5, 0.6) is 0 Å². The Bertz CT molecular complexity index is 477. The highest BCUT2D eigenvalue weighted by Crippen LogP contribution is 2.21. The molecule has 0 N–H and O–H groups in total. The van der Waals surface area contributed by atoms with E-state index < -0.39 is 6.10 Å². The predicted molar refractivity (Wildman–Crippen MR) is 148 cm³/mol. The highest BCUT2D eigenvalue weighted by Gasteiger charge is 2.21. The van der Waals surface area contributed by atoms with Crippen molar-refractivity contribution in [1.82, 2.24) is 4.90 Å². The van der Waals surface area contributed by atoms with Gasteiger partial charge in [0.25, 0.3) is 0 Å². The average molecular weight is 498 g/mol. The van der Waals surface area contributed by atoms with Gasteiger partial charge in [0.05, 0.1) is 5.92 Å². The van der Waals surface area contributed by atoms with Crippen molar-refractivity contribution in [2.24, 2.45) is 5.92 Å². The Balaban J connectivity index is 4.31. The molecule has 0 aromatic carbocycles. The van der Waals surface area contributed by atoms with E-state index in [1.807, 2.05) is 21.0 Å². The molecule has 0 unspecified atom stereocenters. The second-order valence-corrected chi connectivity index (χ2v) is 10.7. The van der Waals surface area contributed by atoms with E-state index >= 15 is 0 Å². The van der Waals surface area contributed by atoms with Crippen molar-refractivity contribution in [2.45, 2.75) is 149 Å². The predicted octanol–water partition coefficient (Wildman–Crippen LogP) is 8.09. The summed E-state index contributed by atoms with van der Waals surface area (Å²) in [6.07, 6.45) is 21.3. The van der Waals surface area contributed by atoms with Crippen molar-refractivity contribution in [3.8, 4) is 0 Å². The van der Waals surface area contributed by atoms with E-state index in [9.17, 15) is 9.59 Å². The number of rotatable bonds is 25. The fourth-order valence-corrected chi connectivity index (χ4v) is 4.41. The van der Waals surface area contributed by atoms with Gasteiger partial charge >= 0.3 is 11.9 Å². The Morgan fingerprint density at radius 3 is 1.66 bits per heavy atom. The smallest absolute Gasteiger partial charge is 0.309 e. The molecule has 0 aromatic heterocycles. The van der Waals surface area contributed by atoms with Crippen molar-refractivity contribution in [2.75, 3.05) is 27.2 Å². The molecule has 0 aliphatic carbocycles. The molecule has 5 heteroatoms. The molecule has 5 nitrogen and oxygen atoms in total. The van der Waals surface area contributed by atoms with Gasteiger partial charge in [-0.15, -0.1) is 0 Å². The number of unbranched alkanes of at least 4 members (excludes halogenated alkanes) is 13. The Kier molecular flexibility index (Phi) is 23.8. The first-order chi connectivity index (χ1) is 16.9. The van der Waals surface area contributed by atoms with Crippen LogP contribution < -0.4 is 0 Å². The molecule has 0 fully saturated rings. The van der Waals surface area contributed by atoms with Gasteiger partial charge < -0.3 is 14.4 Å². The number of carbonyl (C=O) groups excluding carboxylic acids is 2. The summed E-state index contributed by atoms with van der Waals surface area (Å²) < 4.78 is 11.1. The maximum absolute atomic E-state index is 12.9. The van der Waals surface area contributed by atoms with Crippen molar-refractivity contribution >= 4 is 11.9 Å². The molecule has 0 radical (unpaired) electrons. The van der Waals surface area contributed by atoms with Crippen LogP contribution in [-0.4, -0.2) is 50.2 Å². The molecular weight excluding hydrogens is 438 g/mol. The van der Waals surface area contributed by atoms with Crippen molar-refractivity contribution < 1.29 is 19.1 Å². The first-order valence-electron chi connectivity index (χ1n) is 14.9. The summed E-state index contributed by atoms with van der Waals surface area (Å²) in [6.45, 7) is 7.43. The van der Waals surface area contributed by atoms with Crippen molar-refractivity contribution in [1.29, 1.82) is 0 Å². The van der Waals surface area contributed by atoms with Crippen LogP contribution in [0.4, 0.5) is 0 Å². The zero-order chi connectivity index (χ0) is 26.2. The monoisotopic (exact) mass is 497 g/mol. The van der Waals surface area contributed by atoms with Crippen LogP contribution in [0.1, 0.15) is 143 Å². The summed E-state index contributed by atoms with van der Waals surface area (Å²) in [7, 11) is 4.06. The van der Waals surface area contributed by atoms with E-state index in [-0.39, 0.29) is 24.5 Å². The number of carbonyl (C=O) groups is 2. The van der Waals surface area contributed by atoms with Crippen LogP contribution in [0, 0.1) is 5.92 Å². The Hall–Kier alpha value is -1.10. The molecule has 0 bridgehead atoms. The van der Waals surface area contributed by atoms with Crippen LogP contribution in [0.3, 0.4) is 0 Å². The van der Waals surface area contributed by atoms with Gasteiger partial charge in [-0.05, 0) is 53.2 Å². The SMILES string of the molecule is CCCCCCCCCC(CCCCCCCCC)C(=O)OC[C@H](C)OC(=O)CCCCN(C)C. The minimum atomic E-state index is -0.391. The summed E-state index contributed by atoms with van der Waals surface area (Å²) in [6, 6.07) is 0. The third kappa shape index (κ3) is 23.1. The van der Waals surface area contributed by atoms with E-state index in [0.29, 0.717) is 6.42 Å². The number of hydrogen-bond donors (Lipinski definition) is 0. The van der Waals surface area contributed by atoms with Gasteiger partial charge in [0, 0.05) is 6.42 Å². The van der Waals surface area contributed by atoms with Gasteiger partial charge in [0.2, 0.25) is 0 Å². The summed E-state index contributed by atoms with van der Waals surface area (Å²) in [5.41, 5.74) is 0. The van der Waals surface area contributed by atoms with Crippen molar-refractivity contribution in [3.63, 3.8) is 0 Å².